The van der Waals surface area contributed by atoms with Crippen molar-refractivity contribution < 1.29 is 29.3 Å². The van der Waals surface area contributed by atoms with Gasteiger partial charge in [0.05, 0.1) is 0 Å². The summed E-state index contributed by atoms with van der Waals surface area (Å²) in [6.45, 7) is 0. The summed E-state index contributed by atoms with van der Waals surface area (Å²) in [7, 11) is 1.33. The topological polar surface area (TPSA) is 43.3 Å². The van der Waals surface area contributed by atoms with E-state index in [9.17, 15) is 4.89 Å². The zero-order chi connectivity index (χ0) is 13.4. The zero-order valence-electron chi connectivity index (χ0n) is 11.6. The minimum absolute atomic E-state index is 0. The van der Waals surface area contributed by atoms with Crippen molar-refractivity contribution in [2.45, 2.75) is 75.5 Å². The van der Waals surface area contributed by atoms with E-state index in [1.165, 1.54) is 47.1 Å². The Kier molecular flexibility index (Phi) is 12.7. The van der Waals surface area contributed by atoms with Crippen LogP contribution in [0.15, 0.2) is 0 Å². The minimum Gasteiger partial charge on any atom is -0.819 e. The SMILES string of the molecule is C1CCC(PC2CCCCC2)CC1.[O-]P(O)(=S)[S-].[Zn+2]. The van der Waals surface area contributed by atoms with Crippen molar-refractivity contribution in [1.82, 2.24) is 0 Å². The van der Waals surface area contributed by atoms with Crippen LogP contribution < -0.4 is 4.89 Å². The monoisotopic (exact) mass is 390 g/mol. The Hall–Kier alpha value is 1.97. The Balaban J connectivity index is 0.000000471. The van der Waals surface area contributed by atoms with E-state index < -0.39 is 5.69 Å². The molecule has 2 rings (SSSR count). The minimum atomic E-state index is -3.47. The predicted octanol–water partition coefficient (Wildman–Crippen LogP) is 3.44. The van der Waals surface area contributed by atoms with Gasteiger partial charge in [0.2, 0.25) is 0 Å². The van der Waals surface area contributed by atoms with Gasteiger partial charge in [0.15, 0.2) is 0 Å². The van der Waals surface area contributed by atoms with E-state index in [0.717, 1.165) is 11.3 Å². The number of hydrogen-bond acceptors (Lipinski definition) is 3. The second-order valence-electron chi connectivity index (χ2n) is 5.31. The first-order chi connectivity index (χ1) is 8.45. The predicted molar refractivity (Wildman–Crippen MR) is 85.9 cm³/mol. The Labute approximate surface area is 142 Å². The fraction of sp³-hybridized carbons (Fsp3) is 1.00. The van der Waals surface area contributed by atoms with Crippen LogP contribution in [0.1, 0.15) is 64.2 Å². The van der Waals surface area contributed by atoms with Gasteiger partial charge in [-0.05, 0) is 37.0 Å². The molecule has 2 saturated carbocycles. The standard InChI is InChI=1S/C12H23P.H3O2PS2.Zn/c1-3-7-11(8-4-1)13-12-9-5-2-6-10-12;1-3(2,4)5;/h11-13H,1-10H2;(H3,1,2,4,5);/q;;+2/p-2. The molecule has 0 aromatic heterocycles. The zero-order valence-corrected chi connectivity index (χ0v) is 18.0. The molecule has 0 bridgehead atoms. The first kappa shape index (κ1) is 21.0. The Morgan fingerprint density at radius 2 is 1.21 bits per heavy atom. The summed E-state index contributed by atoms with van der Waals surface area (Å²) < 4.78 is 0. The molecule has 0 spiro atoms. The molecule has 2 fully saturated rings. The first-order valence-corrected chi connectivity index (χ1v) is 11.8. The average Bonchev–Trinajstić information content (AvgIpc) is 2.29. The Bertz CT molecular complexity index is 240. The van der Waals surface area contributed by atoms with Gasteiger partial charge in [-0.1, -0.05) is 38.5 Å². The van der Waals surface area contributed by atoms with Gasteiger partial charge < -0.3 is 22.0 Å². The summed E-state index contributed by atoms with van der Waals surface area (Å²) in [4.78, 5) is 17.1. The van der Waals surface area contributed by atoms with Gasteiger partial charge in [-0.2, -0.15) is 0 Å². The second kappa shape index (κ2) is 11.5. The maximum Gasteiger partial charge on any atom is 2.00 e. The van der Waals surface area contributed by atoms with Crippen LogP contribution in [0.3, 0.4) is 0 Å². The van der Waals surface area contributed by atoms with Crippen molar-refractivity contribution in [2.24, 2.45) is 0 Å². The largest absolute Gasteiger partial charge is 2.00 e. The van der Waals surface area contributed by atoms with E-state index in [-0.39, 0.29) is 19.5 Å². The third-order valence-corrected chi connectivity index (χ3v) is 5.78. The van der Waals surface area contributed by atoms with Crippen LogP contribution in [-0.2, 0) is 43.5 Å². The molecule has 0 saturated heterocycles. The molecule has 0 amide bonds. The molecule has 0 aromatic carbocycles. The molecule has 2 nitrogen and oxygen atoms in total. The van der Waals surface area contributed by atoms with Gasteiger partial charge in [0.25, 0.3) is 0 Å². The molecule has 0 radical (unpaired) electrons. The van der Waals surface area contributed by atoms with E-state index in [1.807, 2.05) is 0 Å². The summed E-state index contributed by atoms with van der Waals surface area (Å²) in [5, 5.41) is 0. The molecule has 0 aromatic rings. The van der Waals surface area contributed by atoms with E-state index in [4.69, 9.17) is 4.89 Å². The van der Waals surface area contributed by atoms with Crippen molar-refractivity contribution in [2.75, 3.05) is 0 Å². The smallest absolute Gasteiger partial charge is 0.819 e. The quantitative estimate of drug-likeness (QED) is 0.445. The van der Waals surface area contributed by atoms with Gasteiger partial charge in [0.1, 0.15) is 0 Å². The van der Waals surface area contributed by atoms with Gasteiger partial charge in [0, 0.05) is 0 Å². The van der Waals surface area contributed by atoms with E-state index in [1.54, 1.807) is 25.7 Å². The molecule has 1 N–H and O–H groups in total. The Morgan fingerprint density at radius 3 is 1.47 bits per heavy atom. The van der Waals surface area contributed by atoms with Gasteiger partial charge in [-0.25, -0.2) is 0 Å². The van der Waals surface area contributed by atoms with Crippen LogP contribution in [0, 0.1) is 0 Å². The molecule has 0 aliphatic heterocycles. The molecule has 1 atom stereocenters. The normalized spacial score (nSPS) is 24.6. The van der Waals surface area contributed by atoms with Crippen LogP contribution in [0.5, 0.6) is 0 Å². The van der Waals surface area contributed by atoms with E-state index in [0.29, 0.717) is 0 Å². The maximum absolute atomic E-state index is 9.40. The summed E-state index contributed by atoms with van der Waals surface area (Å²) in [6.07, 6.45) is 15.4. The molecule has 0 heterocycles. The van der Waals surface area contributed by atoms with Crippen molar-refractivity contribution in [3.05, 3.63) is 0 Å². The van der Waals surface area contributed by atoms with Crippen molar-refractivity contribution in [1.29, 1.82) is 0 Å². The summed E-state index contributed by atoms with van der Waals surface area (Å²) in [6, 6.07) is 0. The van der Waals surface area contributed by atoms with E-state index >= 15 is 0 Å². The molecule has 19 heavy (non-hydrogen) atoms. The summed E-state index contributed by atoms with van der Waals surface area (Å²) >= 11 is 7.50. The van der Waals surface area contributed by atoms with Crippen molar-refractivity contribution in [3.8, 4) is 0 Å². The number of rotatable bonds is 2. The molecule has 2 aliphatic carbocycles. The van der Waals surface area contributed by atoms with Gasteiger partial charge in [-0.3, -0.25) is 0 Å². The molecule has 108 valence electrons. The van der Waals surface area contributed by atoms with Crippen LogP contribution in [0.25, 0.3) is 0 Å². The molecular weight excluding hydrogens is 368 g/mol. The van der Waals surface area contributed by atoms with Crippen LogP contribution in [0.4, 0.5) is 0 Å². The van der Waals surface area contributed by atoms with Crippen LogP contribution in [0.2, 0.25) is 0 Å². The third-order valence-electron chi connectivity index (χ3n) is 3.68. The molecule has 7 heteroatoms. The fourth-order valence-corrected chi connectivity index (χ4v) is 5.02. The van der Waals surface area contributed by atoms with Crippen molar-refractivity contribution >= 4 is 38.3 Å². The first-order valence-electron chi connectivity index (χ1n) is 6.96. The molecule has 1 unspecified atom stereocenters. The molecule has 2 aliphatic rings. The maximum atomic E-state index is 9.40. The van der Waals surface area contributed by atoms with Crippen LogP contribution in [-0.4, -0.2) is 16.2 Å². The fourth-order valence-electron chi connectivity index (χ4n) is 2.87. The van der Waals surface area contributed by atoms with Crippen molar-refractivity contribution in [3.63, 3.8) is 0 Å². The summed E-state index contributed by atoms with van der Waals surface area (Å²) in [5.74, 6) is 0. The van der Waals surface area contributed by atoms with E-state index in [2.05, 4.69) is 24.1 Å². The van der Waals surface area contributed by atoms with Gasteiger partial charge in [-0.15, -0.1) is 26.1 Å². The number of hydrogen-bond donors (Lipinski definition) is 1. The van der Waals surface area contributed by atoms with Crippen LogP contribution >= 0.6 is 14.3 Å². The van der Waals surface area contributed by atoms with Gasteiger partial charge >= 0.3 is 19.5 Å². The Morgan fingerprint density at radius 1 is 0.947 bits per heavy atom. The average molecular weight is 392 g/mol. The third kappa shape index (κ3) is 13.4. The summed E-state index contributed by atoms with van der Waals surface area (Å²) in [5.41, 5.74) is -1.17. The molecular formula is C12H24O2P2S2Zn. The second-order valence-corrected chi connectivity index (χ2v) is 11.9.